The minimum Gasteiger partial charge on any atom is -0.497 e. The quantitative estimate of drug-likeness (QED) is 0.277. The highest BCUT2D eigenvalue weighted by Crippen LogP contribution is 2.25. The highest BCUT2D eigenvalue weighted by molar-refractivity contribution is 5.71. The van der Waals surface area contributed by atoms with Gasteiger partial charge in [0.15, 0.2) is 6.79 Å². The van der Waals surface area contributed by atoms with E-state index in [1.165, 1.54) is 5.57 Å². The Bertz CT molecular complexity index is 878. The van der Waals surface area contributed by atoms with Gasteiger partial charge >= 0.3 is 5.97 Å². The molecule has 5 nitrogen and oxygen atoms in total. The average Bonchev–Trinajstić information content (AvgIpc) is 2.76. The molecule has 0 aromatic heterocycles. The smallest absolute Gasteiger partial charge is 0.309 e. The van der Waals surface area contributed by atoms with Crippen molar-refractivity contribution in [2.75, 3.05) is 13.9 Å². The maximum Gasteiger partial charge on any atom is 0.309 e. The van der Waals surface area contributed by atoms with E-state index in [1.54, 1.807) is 7.11 Å². The maximum absolute atomic E-state index is 12.8. The first-order valence-electron chi connectivity index (χ1n) is 11.5. The summed E-state index contributed by atoms with van der Waals surface area (Å²) in [7, 11) is 1.62. The third-order valence-corrected chi connectivity index (χ3v) is 5.60. The third kappa shape index (κ3) is 8.93. The second-order valence-electron chi connectivity index (χ2n) is 8.76. The van der Waals surface area contributed by atoms with Crippen LogP contribution in [0.5, 0.6) is 11.5 Å². The van der Waals surface area contributed by atoms with Crippen molar-refractivity contribution in [2.24, 2.45) is 5.92 Å². The van der Waals surface area contributed by atoms with Crippen molar-refractivity contribution in [3.63, 3.8) is 0 Å². The van der Waals surface area contributed by atoms with E-state index in [2.05, 4.69) is 33.1 Å². The summed E-state index contributed by atoms with van der Waals surface area (Å²) in [5.74, 6) is 1.43. The molecule has 0 bridgehead atoms. The van der Waals surface area contributed by atoms with E-state index in [-0.39, 0.29) is 25.3 Å². The van der Waals surface area contributed by atoms with Crippen molar-refractivity contribution in [2.45, 2.75) is 65.6 Å². The largest absolute Gasteiger partial charge is 0.497 e. The fourth-order valence-corrected chi connectivity index (χ4v) is 4.00. The highest BCUT2D eigenvalue weighted by atomic mass is 16.7. The first-order valence-corrected chi connectivity index (χ1v) is 11.5. The number of hydrogen-bond donors (Lipinski definition) is 0. The van der Waals surface area contributed by atoms with Gasteiger partial charge in [-0.15, -0.1) is 0 Å². The summed E-state index contributed by atoms with van der Waals surface area (Å²) in [6, 6.07) is 7.25. The number of carbonyl (C=O) groups is 1. The van der Waals surface area contributed by atoms with Crippen LogP contribution in [-0.4, -0.2) is 32.1 Å². The van der Waals surface area contributed by atoms with Gasteiger partial charge in [0, 0.05) is 0 Å². The lowest BCUT2D eigenvalue weighted by atomic mass is 9.94. The van der Waals surface area contributed by atoms with E-state index >= 15 is 0 Å². The van der Waals surface area contributed by atoms with E-state index in [0.29, 0.717) is 24.5 Å². The number of esters is 1. The lowest BCUT2D eigenvalue weighted by Gasteiger charge is -2.23. The number of methoxy groups -OCH3 is 1. The van der Waals surface area contributed by atoms with Crippen molar-refractivity contribution in [1.29, 1.82) is 0 Å². The zero-order valence-corrected chi connectivity index (χ0v) is 20.7. The minimum atomic E-state index is -0.505. The molecule has 0 fully saturated rings. The third-order valence-electron chi connectivity index (χ3n) is 5.60. The lowest BCUT2D eigenvalue weighted by Crippen LogP contribution is -2.26. The first kappa shape index (κ1) is 26.5. The standard InChI is InChI=1S/C28H38O5/c1-8-26-22(5)15-20(3)13-19(2)14-21(4)16-23(6)27(17-28(29)33-26)32-18-31-25-11-9-24(30-7)10-12-25/h9-12,14-15,19,26-27H,3,6,8,13,16-18H2,1-2,4-5,7H3/b21-14+,22-15+/t19-,26+,27?/m0/s1. The molecule has 1 heterocycles. The molecule has 1 aliphatic rings. The van der Waals surface area contributed by atoms with Gasteiger partial charge in [-0.25, -0.2) is 0 Å². The molecular weight excluding hydrogens is 416 g/mol. The molecule has 5 heteroatoms. The molecule has 3 atom stereocenters. The summed E-state index contributed by atoms with van der Waals surface area (Å²) >= 11 is 0. The number of cyclic esters (lactones) is 1. The minimum absolute atomic E-state index is 0.00157. The molecule has 0 amide bonds. The molecule has 0 saturated heterocycles. The topological polar surface area (TPSA) is 54.0 Å². The number of benzene rings is 1. The number of carbonyl (C=O) groups excluding carboxylic acids is 1. The molecule has 33 heavy (non-hydrogen) atoms. The van der Waals surface area contributed by atoms with Gasteiger partial charge in [-0.2, -0.15) is 0 Å². The summed E-state index contributed by atoms with van der Waals surface area (Å²) < 4.78 is 22.6. The number of hydrogen-bond acceptors (Lipinski definition) is 5. The van der Waals surface area contributed by atoms with Gasteiger partial charge in [0.05, 0.1) is 19.6 Å². The zero-order chi connectivity index (χ0) is 24.4. The van der Waals surface area contributed by atoms with Crippen molar-refractivity contribution in [3.05, 3.63) is 71.9 Å². The number of ether oxygens (including phenoxy) is 4. The van der Waals surface area contributed by atoms with Gasteiger partial charge in [-0.1, -0.05) is 50.3 Å². The van der Waals surface area contributed by atoms with Gasteiger partial charge in [0.25, 0.3) is 0 Å². The second-order valence-corrected chi connectivity index (χ2v) is 8.76. The Hall–Kier alpha value is -2.79. The van der Waals surface area contributed by atoms with Crippen LogP contribution in [0.25, 0.3) is 0 Å². The van der Waals surface area contributed by atoms with Crippen LogP contribution >= 0.6 is 0 Å². The molecule has 1 unspecified atom stereocenters. The lowest BCUT2D eigenvalue weighted by molar-refractivity contribution is -0.151. The normalized spacial score (nSPS) is 26.3. The molecule has 180 valence electrons. The molecule has 0 aliphatic carbocycles. The molecule has 0 N–H and O–H groups in total. The van der Waals surface area contributed by atoms with Gasteiger partial charge in [-0.3, -0.25) is 4.79 Å². The monoisotopic (exact) mass is 454 g/mol. The van der Waals surface area contributed by atoms with Crippen LogP contribution in [0.2, 0.25) is 0 Å². The molecule has 0 spiro atoms. The van der Waals surface area contributed by atoms with Crippen LogP contribution in [0.4, 0.5) is 0 Å². The van der Waals surface area contributed by atoms with Crippen LogP contribution in [0.1, 0.15) is 53.4 Å². The predicted molar refractivity (Wildman–Crippen MR) is 132 cm³/mol. The number of allylic oxidation sites excluding steroid dienone is 4. The molecule has 1 aromatic carbocycles. The van der Waals surface area contributed by atoms with E-state index in [0.717, 1.165) is 28.9 Å². The Kier molecular flexibility index (Phi) is 10.5. The van der Waals surface area contributed by atoms with Gasteiger partial charge < -0.3 is 18.9 Å². The summed E-state index contributed by atoms with van der Waals surface area (Å²) in [6.45, 7) is 16.7. The van der Waals surface area contributed by atoms with Gasteiger partial charge in [0.2, 0.25) is 0 Å². The Morgan fingerprint density at radius 3 is 2.39 bits per heavy atom. The van der Waals surface area contributed by atoms with E-state index in [4.69, 9.17) is 18.9 Å². The fourth-order valence-electron chi connectivity index (χ4n) is 4.00. The van der Waals surface area contributed by atoms with Crippen molar-refractivity contribution in [1.82, 2.24) is 0 Å². The average molecular weight is 455 g/mol. The Morgan fingerprint density at radius 2 is 1.76 bits per heavy atom. The molecule has 1 aromatic rings. The van der Waals surface area contributed by atoms with Crippen LogP contribution in [0.3, 0.4) is 0 Å². The fraction of sp³-hybridized carbons (Fsp3) is 0.464. The van der Waals surface area contributed by atoms with Crippen molar-refractivity contribution in [3.8, 4) is 11.5 Å². The SMILES string of the molecule is C=C1/C=C(\C)[C@@H](CC)OC(=O)CC(OCOc2ccc(OC)cc2)C(=C)C/C(C)=C/[C@@H](C)C1. The van der Waals surface area contributed by atoms with Crippen LogP contribution in [0.15, 0.2) is 71.9 Å². The summed E-state index contributed by atoms with van der Waals surface area (Å²) in [5, 5.41) is 0. The van der Waals surface area contributed by atoms with Crippen molar-refractivity contribution >= 4 is 5.97 Å². The zero-order valence-electron chi connectivity index (χ0n) is 20.7. The molecule has 1 aliphatic heterocycles. The van der Waals surface area contributed by atoms with Crippen LogP contribution in [-0.2, 0) is 14.3 Å². The van der Waals surface area contributed by atoms with Gasteiger partial charge in [0.1, 0.15) is 17.6 Å². The van der Waals surface area contributed by atoms with E-state index in [1.807, 2.05) is 44.2 Å². The molecule has 2 rings (SSSR count). The molecule has 0 saturated carbocycles. The van der Waals surface area contributed by atoms with E-state index < -0.39 is 6.10 Å². The summed E-state index contributed by atoms with van der Waals surface area (Å²) in [6.07, 6.45) is 5.77. The first-order chi connectivity index (χ1) is 15.7. The van der Waals surface area contributed by atoms with Crippen LogP contribution in [0, 0.1) is 5.92 Å². The summed E-state index contributed by atoms with van der Waals surface area (Å²) in [5.41, 5.74) is 4.04. The van der Waals surface area contributed by atoms with E-state index in [9.17, 15) is 4.79 Å². The molecule has 0 radical (unpaired) electrons. The Morgan fingerprint density at radius 1 is 1.09 bits per heavy atom. The summed E-state index contributed by atoms with van der Waals surface area (Å²) in [4.78, 5) is 12.8. The number of rotatable bonds is 6. The maximum atomic E-state index is 12.8. The van der Waals surface area contributed by atoms with Gasteiger partial charge in [-0.05, 0) is 74.4 Å². The second kappa shape index (κ2) is 13.0. The van der Waals surface area contributed by atoms with Crippen molar-refractivity contribution < 1.29 is 23.7 Å². The highest BCUT2D eigenvalue weighted by Gasteiger charge is 2.23. The molecular formula is C28H38O5. The predicted octanol–water partition coefficient (Wildman–Crippen LogP) is 6.56. The van der Waals surface area contributed by atoms with Crippen LogP contribution < -0.4 is 9.47 Å². The Labute approximate surface area is 198 Å². The Balaban J connectivity index is 2.15.